The van der Waals surface area contributed by atoms with Gasteiger partial charge in [-0.15, -0.1) is 11.6 Å². The number of halogens is 1. The number of nitrogens with one attached hydrogen (secondary N) is 2. The second kappa shape index (κ2) is 4.74. The monoisotopic (exact) mass is 238 g/mol. The highest BCUT2D eigenvalue weighted by molar-refractivity contribution is 6.32. The molecule has 1 aromatic rings. The van der Waals surface area contributed by atoms with Crippen LogP contribution in [0, 0.1) is 0 Å². The highest BCUT2D eigenvalue weighted by Gasteiger charge is 2.15. The first-order valence-electron chi connectivity index (χ1n) is 5.49. The number of benzene rings is 1. The summed E-state index contributed by atoms with van der Waals surface area (Å²) in [6, 6.07) is 5.94. The first kappa shape index (κ1) is 11.3. The van der Waals surface area contributed by atoms with E-state index in [-0.39, 0.29) is 5.91 Å². The fourth-order valence-electron chi connectivity index (χ4n) is 1.85. The maximum atomic E-state index is 11.5. The van der Waals surface area contributed by atoms with Crippen molar-refractivity contribution in [3.8, 4) is 0 Å². The van der Waals surface area contributed by atoms with Crippen molar-refractivity contribution >= 4 is 28.9 Å². The Balaban J connectivity index is 2.24. The van der Waals surface area contributed by atoms with Crippen molar-refractivity contribution in [1.29, 1.82) is 0 Å². The maximum absolute atomic E-state index is 11.5. The van der Waals surface area contributed by atoms with Crippen LogP contribution in [0.4, 0.5) is 11.4 Å². The van der Waals surface area contributed by atoms with E-state index in [0.717, 1.165) is 30.8 Å². The van der Waals surface area contributed by atoms with Gasteiger partial charge in [-0.1, -0.05) is 12.1 Å². The molecule has 0 aromatic heterocycles. The average molecular weight is 239 g/mol. The largest absolute Gasteiger partial charge is 0.383 e. The van der Waals surface area contributed by atoms with Crippen LogP contribution >= 0.6 is 11.6 Å². The third-order valence-corrected chi connectivity index (χ3v) is 2.89. The van der Waals surface area contributed by atoms with Crippen LogP contribution in [0.3, 0.4) is 0 Å². The summed E-state index contributed by atoms with van der Waals surface area (Å²) in [6.07, 6.45) is 2.19. The van der Waals surface area contributed by atoms with Gasteiger partial charge in [0.05, 0.1) is 11.4 Å². The van der Waals surface area contributed by atoms with Crippen molar-refractivity contribution in [3.63, 3.8) is 0 Å². The van der Waals surface area contributed by atoms with E-state index in [4.69, 9.17) is 11.6 Å². The normalized spacial score (nSPS) is 15.9. The van der Waals surface area contributed by atoms with Crippen molar-refractivity contribution in [2.75, 3.05) is 17.2 Å². The molecule has 1 amide bonds. The summed E-state index contributed by atoms with van der Waals surface area (Å²) in [4.78, 5) is 11.5. The Morgan fingerprint density at radius 2 is 2.38 bits per heavy atom. The number of carbonyl (C=O) groups is 1. The molecular weight excluding hydrogens is 224 g/mol. The van der Waals surface area contributed by atoms with Crippen LogP contribution in [-0.4, -0.2) is 17.8 Å². The highest BCUT2D eigenvalue weighted by atomic mass is 35.5. The number of carbonyl (C=O) groups excluding carboxylic acids is 1. The highest BCUT2D eigenvalue weighted by Crippen LogP contribution is 2.30. The van der Waals surface area contributed by atoms with Gasteiger partial charge in [0, 0.05) is 6.54 Å². The molecule has 2 rings (SSSR count). The molecule has 0 saturated heterocycles. The van der Waals surface area contributed by atoms with E-state index >= 15 is 0 Å². The van der Waals surface area contributed by atoms with Crippen molar-refractivity contribution in [2.45, 2.75) is 25.1 Å². The summed E-state index contributed by atoms with van der Waals surface area (Å²) in [6.45, 7) is 2.62. The Bertz CT molecular complexity index is 404. The van der Waals surface area contributed by atoms with Crippen molar-refractivity contribution in [3.05, 3.63) is 23.8 Å². The molecule has 16 heavy (non-hydrogen) atoms. The molecule has 1 aliphatic heterocycles. The third-order valence-electron chi connectivity index (χ3n) is 2.69. The number of amides is 1. The van der Waals surface area contributed by atoms with Crippen molar-refractivity contribution in [2.24, 2.45) is 0 Å². The maximum Gasteiger partial charge on any atom is 0.242 e. The van der Waals surface area contributed by atoms with Crippen LogP contribution in [0.15, 0.2) is 18.2 Å². The Labute approximate surface area is 100 Å². The lowest BCUT2D eigenvalue weighted by molar-refractivity contribution is -0.115. The molecule has 0 fully saturated rings. The molecule has 0 aliphatic carbocycles. The molecule has 2 N–H and O–H groups in total. The van der Waals surface area contributed by atoms with Gasteiger partial charge >= 0.3 is 0 Å². The summed E-state index contributed by atoms with van der Waals surface area (Å²) >= 11 is 5.73. The standard InChI is InChI=1S/C12H15ClN2O/c1-8(13)12(16)15-10-6-2-4-9-5-3-7-14-11(9)10/h2,4,6,8,14H,3,5,7H2,1H3,(H,15,16). The molecule has 86 valence electrons. The van der Waals surface area contributed by atoms with Gasteiger partial charge in [-0.3, -0.25) is 4.79 Å². The summed E-state index contributed by atoms with van der Waals surface area (Å²) in [5.74, 6) is -0.164. The first-order chi connectivity index (χ1) is 7.68. The first-order valence-corrected chi connectivity index (χ1v) is 5.93. The smallest absolute Gasteiger partial charge is 0.242 e. The number of alkyl halides is 1. The molecule has 1 aromatic carbocycles. The SMILES string of the molecule is CC(Cl)C(=O)Nc1cccc2c1NCCC2. The zero-order valence-electron chi connectivity index (χ0n) is 9.22. The Morgan fingerprint density at radius 1 is 1.56 bits per heavy atom. The zero-order valence-corrected chi connectivity index (χ0v) is 9.97. The fourth-order valence-corrected chi connectivity index (χ4v) is 1.90. The van der Waals surface area contributed by atoms with Gasteiger partial charge in [0.25, 0.3) is 0 Å². The van der Waals surface area contributed by atoms with Crippen LogP contribution in [0.25, 0.3) is 0 Å². The topological polar surface area (TPSA) is 41.1 Å². The van der Waals surface area contributed by atoms with Gasteiger partial charge in [0.2, 0.25) is 5.91 Å². The number of para-hydroxylation sites is 1. The molecule has 0 spiro atoms. The third kappa shape index (κ3) is 2.30. The van der Waals surface area contributed by atoms with Crippen LogP contribution in [-0.2, 0) is 11.2 Å². The molecule has 0 saturated carbocycles. The summed E-state index contributed by atoms with van der Waals surface area (Å²) < 4.78 is 0. The second-order valence-corrected chi connectivity index (χ2v) is 4.63. The zero-order chi connectivity index (χ0) is 11.5. The second-order valence-electron chi connectivity index (χ2n) is 3.98. The van der Waals surface area contributed by atoms with E-state index in [1.807, 2.05) is 12.1 Å². The predicted molar refractivity (Wildman–Crippen MR) is 67.2 cm³/mol. The van der Waals surface area contributed by atoms with Gasteiger partial charge in [-0.2, -0.15) is 0 Å². The van der Waals surface area contributed by atoms with Crippen LogP contribution in [0.1, 0.15) is 18.9 Å². The molecule has 4 heteroatoms. The minimum Gasteiger partial charge on any atom is -0.383 e. The van der Waals surface area contributed by atoms with E-state index in [0.29, 0.717) is 0 Å². The Hall–Kier alpha value is -1.22. The molecule has 1 atom stereocenters. The Kier molecular flexibility index (Phi) is 3.34. The fraction of sp³-hybridized carbons (Fsp3) is 0.417. The van der Waals surface area contributed by atoms with Crippen LogP contribution < -0.4 is 10.6 Å². The molecule has 3 nitrogen and oxygen atoms in total. The summed E-state index contributed by atoms with van der Waals surface area (Å²) in [7, 11) is 0. The molecule has 0 radical (unpaired) electrons. The van der Waals surface area contributed by atoms with Gasteiger partial charge in [0.1, 0.15) is 5.38 Å². The summed E-state index contributed by atoms with van der Waals surface area (Å²) in [5, 5.41) is 5.64. The molecule has 1 aliphatic rings. The lowest BCUT2D eigenvalue weighted by atomic mass is 10.0. The number of aryl methyl sites for hydroxylation is 1. The van der Waals surface area contributed by atoms with Gasteiger partial charge in [-0.05, 0) is 31.4 Å². The molecule has 0 bridgehead atoms. The summed E-state index contributed by atoms with van der Waals surface area (Å²) in [5.41, 5.74) is 3.13. The number of hydrogen-bond donors (Lipinski definition) is 2. The molecule has 1 heterocycles. The number of fused-ring (bicyclic) bond motifs is 1. The van der Waals surface area contributed by atoms with Gasteiger partial charge in [-0.25, -0.2) is 0 Å². The lowest BCUT2D eigenvalue weighted by Crippen LogP contribution is -2.22. The number of anilines is 2. The van der Waals surface area contributed by atoms with E-state index in [2.05, 4.69) is 16.7 Å². The number of hydrogen-bond acceptors (Lipinski definition) is 2. The van der Waals surface area contributed by atoms with Crippen LogP contribution in [0.2, 0.25) is 0 Å². The van der Waals surface area contributed by atoms with Crippen LogP contribution in [0.5, 0.6) is 0 Å². The number of rotatable bonds is 2. The van der Waals surface area contributed by atoms with Crippen molar-refractivity contribution in [1.82, 2.24) is 0 Å². The minimum atomic E-state index is -0.514. The predicted octanol–water partition coefficient (Wildman–Crippen LogP) is 2.61. The van der Waals surface area contributed by atoms with E-state index in [1.165, 1.54) is 5.56 Å². The molecule has 1 unspecified atom stereocenters. The lowest BCUT2D eigenvalue weighted by Gasteiger charge is -2.21. The Morgan fingerprint density at radius 3 is 3.12 bits per heavy atom. The molecular formula is C12H15ClN2O. The van der Waals surface area contributed by atoms with E-state index < -0.39 is 5.38 Å². The quantitative estimate of drug-likeness (QED) is 0.778. The van der Waals surface area contributed by atoms with Gasteiger partial charge in [0.15, 0.2) is 0 Å². The van der Waals surface area contributed by atoms with Gasteiger partial charge < -0.3 is 10.6 Å². The minimum absolute atomic E-state index is 0.164. The van der Waals surface area contributed by atoms with E-state index in [1.54, 1.807) is 6.92 Å². The average Bonchev–Trinajstić information content (AvgIpc) is 2.29. The van der Waals surface area contributed by atoms with Crippen molar-refractivity contribution < 1.29 is 4.79 Å². The van der Waals surface area contributed by atoms with E-state index in [9.17, 15) is 4.79 Å².